The third-order valence-electron chi connectivity index (χ3n) is 3.05. The van der Waals surface area contributed by atoms with E-state index in [2.05, 4.69) is 5.32 Å². The quantitative estimate of drug-likeness (QED) is 0.738. The predicted molar refractivity (Wildman–Crippen MR) is 62.3 cm³/mol. The highest BCUT2D eigenvalue weighted by atomic mass is 16.6. The molecule has 0 spiro atoms. The van der Waals surface area contributed by atoms with Crippen LogP contribution in [-0.4, -0.2) is 42.3 Å². The fourth-order valence-electron chi connectivity index (χ4n) is 2.08. The van der Waals surface area contributed by atoms with Crippen LogP contribution < -0.4 is 5.32 Å². The van der Waals surface area contributed by atoms with Crippen molar-refractivity contribution < 1.29 is 9.53 Å². The minimum absolute atomic E-state index is 0.167. The van der Waals surface area contributed by atoms with Gasteiger partial charge in [0.15, 0.2) is 0 Å². The van der Waals surface area contributed by atoms with Gasteiger partial charge in [-0.3, -0.25) is 0 Å². The van der Waals surface area contributed by atoms with Gasteiger partial charge in [-0.1, -0.05) is 0 Å². The molecule has 0 aromatic heterocycles. The molecule has 0 radical (unpaired) electrons. The van der Waals surface area contributed by atoms with E-state index in [0.717, 1.165) is 25.6 Å². The van der Waals surface area contributed by atoms with Gasteiger partial charge in [0.05, 0.1) is 0 Å². The Hall–Kier alpha value is -0.770. The summed E-state index contributed by atoms with van der Waals surface area (Å²) in [7, 11) is 0. The number of hydrogen-bond donors (Lipinski definition) is 1. The lowest BCUT2D eigenvalue weighted by molar-refractivity contribution is 0.0188. The molecule has 1 saturated carbocycles. The van der Waals surface area contributed by atoms with Crippen molar-refractivity contribution in [2.45, 2.75) is 45.3 Å². The molecule has 1 atom stereocenters. The largest absolute Gasteiger partial charge is 0.444 e. The maximum absolute atomic E-state index is 11.9. The van der Waals surface area contributed by atoms with Gasteiger partial charge in [-0.05, 0) is 39.5 Å². The second kappa shape index (κ2) is 4.24. The number of carbonyl (C=O) groups is 1. The van der Waals surface area contributed by atoms with Gasteiger partial charge in [0.2, 0.25) is 0 Å². The molecule has 1 aliphatic heterocycles. The summed E-state index contributed by atoms with van der Waals surface area (Å²) in [5.74, 6) is 0.783. The summed E-state index contributed by atoms with van der Waals surface area (Å²) in [4.78, 5) is 13.7. The monoisotopic (exact) mass is 226 g/mol. The lowest BCUT2D eigenvalue weighted by atomic mass is 10.1. The molecule has 4 nitrogen and oxygen atoms in total. The Labute approximate surface area is 97.3 Å². The van der Waals surface area contributed by atoms with Crippen molar-refractivity contribution in [3.05, 3.63) is 0 Å². The molecule has 0 bridgehead atoms. The SMILES string of the molecule is CC(C)(C)OC(=O)N1CCN[C@@H](C2CC2)C1. The van der Waals surface area contributed by atoms with Gasteiger partial charge in [0.1, 0.15) is 5.60 Å². The molecule has 2 fully saturated rings. The summed E-state index contributed by atoms with van der Waals surface area (Å²) < 4.78 is 5.38. The molecule has 2 rings (SSSR count). The molecule has 16 heavy (non-hydrogen) atoms. The molecule has 1 saturated heterocycles. The Bertz CT molecular complexity index is 269. The second-order valence-corrected chi connectivity index (χ2v) is 5.82. The maximum Gasteiger partial charge on any atom is 0.410 e. The molecule has 0 aromatic rings. The minimum Gasteiger partial charge on any atom is -0.444 e. The molecule has 1 N–H and O–H groups in total. The van der Waals surface area contributed by atoms with E-state index in [9.17, 15) is 4.79 Å². The molecule has 1 amide bonds. The number of amides is 1. The van der Waals surface area contributed by atoms with Crippen LogP contribution in [0.3, 0.4) is 0 Å². The highest BCUT2D eigenvalue weighted by molar-refractivity contribution is 5.68. The van der Waals surface area contributed by atoms with Gasteiger partial charge >= 0.3 is 6.09 Å². The normalized spacial score (nSPS) is 26.7. The Kier molecular flexibility index (Phi) is 3.10. The lowest BCUT2D eigenvalue weighted by Crippen LogP contribution is -2.54. The molecule has 2 aliphatic rings. The fourth-order valence-corrected chi connectivity index (χ4v) is 2.08. The molecular weight excluding hydrogens is 204 g/mol. The summed E-state index contributed by atoms with van der Waals surface area (Å²) in [6.07, 6.45) is 2.44. The highest BCUT2D eigenvalue weighted by Gasteiger charge is 2.36. The minimum atomic E-state index is -0.392. The first kappa shape index (κ1) is 11.7. The van der Waals surface area contributed by atoms with Crippen LogP contribution >= 0.6 is 0 Å². The highest BCUT2D eigenvalue weighted by Crippen LogP contribution is 2.33. The van der Waals surface area contributed by atoms with Crippen LogP contribution in [0.2, 0.25) is 0 Å². The number of carbonyl (C=O) groups excluding carboxylic acids is 1. The molecule has 1 heterocycles. The Morgan fingerprint density at radius 2 is 2.06 bits per heavy atom. The zero-order chi connectivity index (χ0) is 11.8. The van der Waals surface area contributed by atoms with Gasteiger partial charge in [0.25, 0.3) is 0 Å². The van der Waals surface area contributed by atoms with E-state index in [4.69, 9.17) is 4.74 Å². The van der Waals surface area contributed by atoms with E-state index in [1.807, 2.05) is 25.7 Å². The summed E-state index contributed by atoms with van der Waals surface area (Å²) in [6.45, 7) is 8.18. The first-order valence-electron chi connectivity index (χ1n) is 6.17. The number of rotatable bonds is 1. The third kappa shape index (κ3) is 3.11. The standard InChI is InChI=1S/C12H22N2O2/c1-12(2,3)16-11(15)14-7-6-13-10(8-14)9-4-5-9/h9-10,13H,4-8H2,1-3H3/t10-/m1/s1. The number of ether oxygens (including phenoxy) is 1. The van der Waals surface area contributed by atoms with E-state index in [-0.39, 0.29) is 6.09 Å². The van der Waals surface area contributed by atoms with Gasteiger partial charge in [-0.25, -0.2) is 4.79 Å². The molecule has 1 aliphatic carbocycles. The lowest BCUT2D eigenvalue weighted by Gasteiger charge is -2.35. The number of nitrogens with one attached hydrogen (secondary N) is 1. The summed E-state index contributed by atoms with van der Waals surface area (Å²) in [6, 6.07) is 0.487. The smallest absolute Gasteiger partial charge is 0.410 e. The number of nitrogens with zero attached hydrogens (tertiary/aromatic N) is 1. The molecule has 92 valence electrons. The summed E-state index contributed by atoms with van der Waals surface area (Å²) in [5, 5.41) is 3.48. The predicted octanol–water partition coefficient (Wildman–Crippen LogP) is 1.61. The molecular formula is C12H22N2O2. The summed E-state index contributed by atoms with van der Waals surface area (Å²) in [5.41, 5.74) is -0.392. The van der Waals surface area contributed by atoms with Gasteiger partial charge < -0.3 is 15.0 Å². The van der Waals surface area contributed by atoms with Gasteiger partial charge in [0, 0.05) is 25.7 Å². The van der Waals surface area contributed by atoms with Crippen molar-refractivity contribution in [3.8, 4) is 0 Å². The topological polar surface area (TPSA) is 41.6 Å². The third-order valence-corrected chi connectivity index (χ3v) is 3.05. The van der Waals surface area contributed by atoms with E-state index < -0.39 is 5.60 Å². The van der Waals surface area contributed by atoms with Crippen LogP contribution in [0, 0.1) is 5.92 Å². The Morgan fingerprint density at radius 1 is 1.38 bits per heavy atom. The van der Waals surface area contributed by atoms with Crippen molar-refractivity contribution in [2.24, 2.45) is 5.92 Å². The Balaban J connectivity index is 1.86. The fraction of sp³-hybridized carbons (Fsp3) is 0.917. The van der Waals surface area contributed by atoms with E-state index in [0.29, 0.717) is 6.04 Å². The van der Waals surface area contributed by atoms with E-state index >= 15 is 0 Å². The van der Waals surface area contributed by atoms with Gasteiger partial charge in [-0.2, -0.15) is 0 Å². The van der Waals surface area contributed by atoms with Crippen molar-refractivity contribution in [2.75, 3.05) is 19.6 Å². The van der Waals surface area contributed by atoms with Crippen molar-refractivity contribution in [3.63, 3.8) is 0 Å². The zero-order valence-corrected chi connectivity index (χ0v) is 10.5. The van der Waals surface area contributed by atoms with Crippen LogP contribution in [0.25, 0.3) is 0 Å². The van der Waals surface area contributed by atoms with Crippen molar-refractivity contribution in [1.82, 2.24) is 10.2 Å². The number of piperazine rings is 1. The van der Waals surface area contributed by atoms with Crippen molar-refractivity contribution >= 4 is 6.09 Å². The van der Waals surface area contributed by atoms with E-state index in [1.54, 1.807) is 0 Å². The van der Waals surface area contributed by atoms with Crippen LogP contribution in [0.4, 0.5) is 4.79 Å². The zero-order valence-electron chi connectivity index (χ0n) is 10.5. The molecule has 4 heteroatoms. The molecule has 0 unspecified atom stereocenters. The van der Waals surface area contributed by atoms with Crippen molar-refractivity contribution in [1.29, 1.82) is 0 Å². The first-order valence-corrected chi connectivity index (χ1v) is 6.17. The average Bonchev–Trinajstić information content (AvgIpc) is 2.98. The average molecular weight is 226 g/mol. The van der Waals surface area contributed by atoms with Crippen LogP contribution in [0.15, 0.2) is 0 Å². The van der Waals surface area contributed by atoms with E-state index in [1.165, 1.54) is 12.8 Å². The van der Waals surface area contributed by atoms with Crippen LogP contribution in [0.1, 0.15) is 33.6 Å². The van der Waals surface area contributed by atoms with Gasteiger partial charge in [-0.15, -0.1) is 0 Å². The second-order valence-electron chi connectivity index (χ2n) is 5.82. The maximum atomic E-state index is 11.9. The Morgan fingerprint density at radius 3 is 2.62 bits per heavy atom. The van der Waals surface area contributed by atoms with Crippen LogP contribution in [0.5, 0.6) is 0 Å². The molecule has 0 aromatic carbocycles. The number of hydrogen-bond acceptors (Lipinski definition) is 3. The summed E-state index contributed by atoms with van der Waals surface area (Å²) >= 11 is 0. The first-order chi connectivity index (χ1) is 7.46. The van der Waals surface area contributed by atoms with Crippen LogP contribution in [-0.2, 0) is 4.74 Å².